The molecular formula is C15H14N2O3. The van der Waals surface area contributed by atoms with Crippen LogP contribution in [0.5, 0.6) is 0 Å². The van der Waals surface area contributed by atoms with Crippen molar-refractivity contribution in [3.63, 3.8) is 0 Å². The fraction of sp³-hybridized carbons (Fsp3) is 0.200. The van der Waals surface area contributed by atoms with Gasteiger partial charge in [-0.3, -0.25) is 4.79 Å². The fourth-order valence-electron chi connectivity index (χ4n) is 1.70. The number of benzene rings is 1. The van der Waals surface area contributed by atoms with E-state index in [2.05, 4.69) is 26.8 Å². The van der Waals surface area contributed by atoms with Crippen LogP contribution in [0.3, 0.4) is 0 Å². The van der Waals surface area contributed by atoms with Crippen LogP contribution < -0.4 is 5.32 Å². The summed E-state index contributed by atoms with van der Waals surface area (Å²) < 4.78 is 4.66. The number of aromatic nitrogens is 1. The minimum atomic E-state index is -0.239. The van der Waals surface area contributed by atoms with Gasteiger partial charge in [-0.25, -0.2) is 0 Å². The Kier molecular flexibility index (Phi) is 4.53. The topological polar surface area (TPSA) is 75.4 Å². The van der Waals surface area contributed by atoms with Crippen LogP contribution in [0.2, 0.25) is 0 Å². The van der Waals surface area contributed by atoms with Crippen molar-refractivity contribution in [2.24, 2.45) is 0 Å². The van der Waals surface area contributed by atoms with Gasteiger partial charge in [-0.2, -0.15) is 0 Å². The molecule has 0 radical (unpaired) electrons. The predicted octanol–water partition coefficient (Wildman–Crippen LogP) is 1.97. The van der Waals surface area contributed by atoms with Gasteiger partial charge in [-0.1, -0.05) is 23.1 Å². The van der Waals surface area contributed by atoms with E-state index in [1.54, 1.807) is 12.1 Å². The van der Waals surface area contributed by atoms with Crippen molar-refractivity contribution in [3.05, 3.63) is 47.3 Å². The zero-order chi connectivity index (χ0) is 14.4. The second-order valence-electron chi connectivity index (χ2n) is 4.12. The Bertz CT molecular complexity index is 651. The second-order valence-corrected chi connectivity index (χ2v) is 4.12. The van der Waals surface area contributed by atoms with Crippen molar-refractivity contribution in [2.45, 2.75) is 13.3 Å². The standard InChI is InChI=1S/C15H14N2O3/c1-11-12(5-2-3-8-18)6-4-7-14(11)15(19)17-13-9-16-20-10-13/h4,6-7,9-10,18H,3,8H2,1H3,(H,17,19). The number of nitrogens with one attached hydrogen (secondary N) is 1. The molecule has 0 saturated heterocycles. The van der Waals surface area contributed by atoms with Gasteiger partial charge in [-0.05, 0) is 24.6 Å². The van der Waals surface area contributed by atoms with E-state index in [1.165, 1.54) is 12.5 Å². The number of aliphatic hydroxyl groups is 1. The van der Waals surface area contributed by atoms with Gasteiger partial charge in [0.15, 0.2) is 0 Å². The Morgan fingerprint density at radius 2 is 2.35 bits per heavy atom. The number of anilines is 1. The van der Waals surface area contributed by atoms with E-state index in [-0.39, 0.29) is 12.5 Å². The minimum absolute atomic E-state index is 0.0275. The SMILES string of the molecule is Cc1c(C#CCCO)cccc1C(=O)Nc1cnoc1. The summed E-state index contributed by atoms with van der Waals surface area (Å²) in [6.07, 6.45) is 3.20. The van der Waals surface area contributed by atoms with Gasteiger partial charge in [0.05, 0.1) is 12.8 Å². The number of hydrogen-bond acceptors (Lipinski definition) is 4. The first kappa shape index (κ1) is 13.8. The van der Waals surface area contributed by atoms with Crippen molar-refractivity contribution < 1.29 is 14.4 Å². The van der Waals surface area contributed by atoms with E-state index in [4.69, 9.17) is 5.11 Å². The molecule has 0 aliphatic rings. The highest BCUT2D eigenvalue weighted by Gasteiger charge is 2.11. The minimum Gasteiger partial charge on any atom is -0.395 e. The Hall–Kier alpha value is -2.58. The molecule has 2 rings (SSSR count). The maximum atomic E-state index is 12.1. The third-order valence-electron chi connectivity index (χ3n) is 2.73. The molecule has 0 atom stereocenters. The van der Waals surface area contributed by atoms with Crippen molar-refractivity contribution in [1.29, 1.82) is 0 Å². The summed E-state index contributed by atoms with van der Waals surface area (Å²) in [6, 6.07) is 5.35. The molecular weight excluding hydrogens is 256 g/mol. The van der Waals surface area contributed by atoms with Gasteiger partial charge >= 0.3 is 0 Å². The molecule has 2 N–H and O–H groups in total. The molecule has 0 unspecified atom stereocenters. The van der Waals surface area contributed by atoms with Gasteiger partial charge in [-0.15, -0.1) is 0 Å². The summed E-state index contributed by atoms with van der Waals surface area (Å²) in [4.78, 5) is 12.1. The van der Waals surface area contributed by atoms with Crippen molar-refractivity contribution in [3.8, 4) is 11.8 Å². The lowest BCUT2D eigenvalue weighted by Crippen LogP contribution is -2.13. The van der Waals surface area contributed by atoms with Gasteiger partial charge in [0.25, 0.3) is 5.91 Å². The first-order valence-electron chi connectivity index (χ1n) is 6.12. The number of carbonyl (C=O) groups excluding carboxylic acids is 1. The summed E-state index contributed by atoms with van der Waals surface area (Å²) in [5, 5.41) is 14.9. The summed E-state index contributed by atoms with van der Waals surface area (Å²) in [7, 11) is 0. The van der Waals surface area contributed by atoms with Crippen molar-refractivity contribution in [2.75, 3.05) is 11.9 Å². The summed E-state index contributed by atoms with van der Waals surface area (Å²) >= 11 is 0. The summed E-state index contributed by atoms with van der Waals surface area (Å²) in [6.45, 7) is 1.87. The molecule has 1 amide bonds. The number of nitrogens with zero attached hydrogens (tertiary/aromatic N) is 1. The van der Waals surface area contributed by atoms with Crippen LogP contribution in [0, 0.1) is 18.8 Å². The fourth-order valence-corrected chi connectivity index (χ4v) is 1.70. The van der Waals surface area contributed by atoms with Crippen molar-refractivity contribution in [1.82, 2.24) is 5.16 Å². The molecule has 2 aromatic rings. The quantitative estimate of drug-likeness (QED) is 0.836. The lowest BCUT2D eigenvalue weighted by molar-refractivity contribution is 0.102. The largest absolute Gasteiger partial charge is 0.395 e. The van der Waals surface area contributed by atoms with Crippen LogP contribution >= 0.6 is 0 Å². The molecule has 0 bridgehead atoms. The highest BCUT2D eigenvalue weighted by Crippen LogP contribution is 2.15. The zero-order valence-corrected chi connectivity index (χ0v) is 11.0. The molecule has 0 spiro atoms. The van der Waals surface area contributed by atoms with E-state index in [0.29, 0.717) is 17.7 Å². The van der Waals surface area contributed by atoms with E-state index in [1.807, 2.05) is 13.0 Å². The van der Waals surface area contributed by atoms with E-state index >= 15 is 0 Å². The highest BCUT2D eigenvalue weighted by atomic mass is 16.5. The van der Waals surface area contributed by atoms with E-state index < -0.39 is 0 Å². The van der Waals surface area contributed by atoms with Gasteiger partial charge in [0.2, 0.25) is 0 Å². The molecule has 5 heteroatoms. The molecule has 20 heavy (non-hydrogen) atoms. The summed E-state index contributed by atoms with van der Waals surface area (Å²) in [5.74, 6) is 5.55. The lowest BCUT2D eigenvalue weighted by Gasteiger charge is -2.07. The maximum Gasteiger partial charge on any atom is 0.256 e. The van der Waals surface area contributed by atoms with Crippen LogP contribution in [0.15, 0.2) is 35.2 Å². The number of carbonyl (C=O) groups is 1. The van der Waals surface area contributed by atoms with Crippen LogP contribution in [0.25, 0.3) is 0 Å². The number of aliphatic hydroxyl groups excluding tert-OH is 1. The molecule has 0 saturated carbocycles. The maximum absolute atomic E-state index is 12.1. The Morgan fingerprint density at radius 3 is 3.05 bits per heavy atom. The van der Waals surface area contributed by atoms with Crippen molar-refractivity contribution >= 4 is 11.6 Å². The Morgan fingerprint density at radius 1 is 1.50 bits per heavy atom. The molecule has 1 aromatic heterocycles. The van der Waals surface area contributed by atoms with Gasteiger partial charge in [0, 0.05) is 17.5 Å². The van der Waals surface area contributed by atoms with Crippen LogP contribution in [0.4, 0.5) is 5.69 Å². The average molecular weight is 270 g/mol. The zero-order valence-electron chi connectivity index (χ0n) is 11.0. The Labute approximate surface area is 116 Å². The normalized spacial score (nSPS) is 9.70. The second kappa shape index (κ2) is 6.55. The smallest absolute Gasteiger partial charge is 0.256 e. The third kappa shape index (κ3) is 3.25. The predicted molar refractivity (Wildman–Crippen MR) is 74.2 cm³/mol. The molecule has 0 aliphatic heterocycles. The monoisotopic (exact) mass is 270 g/mol. The van der Waals surface area contributed by atoms with E-state index in [9.17, 15) is 4.79 Å². The molecule has 5 nitrogen and oxygen atoms in total. The molecule has 102 valence electrons. The van der Waals surface area contributed by atoms with Gasteiger partial charge in [0.1, 0.15) is 12.0 Å². The number of hydrogen-bond donors (Lipinski definition) is 2. The Balaban J connectivity index is 2.22. The molecule has 0 fully saturated rings. The lowest BCUT2D eigenvalue weighted by atomic mass is 10.0. The van der Waals surface area contributed by atoms with E-state index in [0.717, 1.165) is 11.1 Å². The molecule has 1 aromatic carbocycles. The number of rotatable bonds is 3. The average Bonchev–Trinajstić information content (AvgIpc) is 2.93. The van der Waals surface area contributed by atoms with Crippen LogP contribution in [-0.4, -0.2) is 22.8 Å². The first-order valence-corrected chi connectivity index (χ1v) is 6.12. The first-order chi connectivity index (χ1) is 9.72. The highest BCUT2D eigenvalue weighted by molar-refractivity contribution is 6.05. The molecule has 1 heterocycles. The third-order valence-corrected chi connectivity index (χ3v) is 2.73. The number of amides is 1. The van der Waals surface area contributed by atoms with Gasteiger partial charge < -0.3 is 14.9 Å². The van der Waals surface area contributed by atoms with Crippen LogP contribution in [0.1, 0.15) is 27.9 Å². The molecule has 0 aliphatic carbocycles. The summed E-state index contributed by atoms with van der Waals surface area (Å²) in [5.41, 5.74) is 2.62. The van der Waals surface area contributed by atoms with Crippen LogP contribution in [-0.2, 0) is 0 Å².